The van der Waals surface area contributed by atoms with Gasteiger partial charge in [0.25, 0.3) is 0 Å². The topological polar surface area (TPSA) is 76.7 Å². The van der Waals surface area contributed by atoms with E-state index in [1.54, 1.807) is 42.9 Å². The Balaban J connectivity index is 1.86. The Labute approximate surface area is 114 Å². The van der Waals surface area contributed by atoms with Crippen molar-refractivity contribution in [2.24, 2.45) is 0 Å². The third-order valence-electron chi connectivity index (χ3n) is 2.78. The van der Waals surface area contributed by atoms with Crippen molar-refractivity contribution in [3.63, 3.8) is 0 Å². The second-order valence-electron chi connectivity index (χ2n) is 4.15. The van der Waals surface area contributed by atoms with Gasteiger partial charge in [0.1, 0.15) is 23.7 Å². The fourth-order valence-corrected chi connectivity index (χ4v) is 1.89. The molecule has 0 aliphatic heterocycles. The lowest BCUT2D eigenvalue weighted by molar-refractivity contribution is 0.0689. The Morgan fingerprint density at radius 2 is 2.20 bits per heavy atom. The molecule has 0 fully saturated rings. The number of carbonyl (C=O) groups is 1. The number of rotatable bonds is 4. The Bertz CT molecular complexity index is 753. The SMILES string of the molecule is O=C(O)c1cccc2nc(COc3cccnc3)cn12. The summed E-state index contributed by atoms with van der Waals surface area (Å²) >= 11 is 0. The first-order chi connectivity index (χ1) is 9.74. The first-order valence-corrected chi connectivity index (χ1v) is 5.97. The van der Waals surface area contributed by atoms with Crippen LogP contribution >= 0.6 is 0 Å². The lowest BCUT2D eigenvalue weighted by atomic mass is 10.3. The summed E-state index contributed by atoms with van der Waals surface area (Å²) < 4.78 is 7.07. The maximum atomic E-state index is 11.1. The van der Waals surface area contributed by atoms with Crippen molar-refractivity contribution >= 4 is 11.6 Å². The van der Waals surface area contributed by atoms with Crippen molar-refractivity contribution < 1.29 is 14.6 Å². The van der Waals surface area contributed by atoms with Crippen LogP contribution in [0.5, 0.6) is 5.75 Å². The normalized spacial score (nSPS) is 10.6. The Kier molecular flexibility index (Phi) is 3.04. The second-order valence-corrected chi connectivity index (χ2v) is 4.15. The summed E-state index contributed by atoms with van der Waals surface area (Å²) in [7, 11) is 0. The van der Waals surface area contributed by atoms with Gasteiger partial charge in [0.05, 0.1) is 11.9 Å². The molecule has 6 heteroatoms. The van der Waals surface area contributed by atoms with E-state index in [2.05, 4.69) is 9.97 Å². The summed E-state index contributed by atoms with van der Waals surface area (Å²) in [5.74, 6) is -0.351. The van der Waals surface area contributed by atoms with Gasteiger partial charge in [-0.25, -0.2) is 9.78 Å². The molecule has 0 atom stereocenters. The molecule has 0 aromatic carbocycles. The van der Waals surface area contributed by atoms with E-state index >= 15 is 0 Å². The first-order valence-electron chi connectivity index (χ1n) is 5.97. The lowest BCUT2D eigenvalue weighted by Gasteiger charge is -2.01. The molecule has 1 N–H and O–H groups in total. The fraction of sp³-hybridized carbons (Fsp3) is 0.0714. The van der Waals surface area contributed by atoms with Crippen molar-refractivity contribution in [2.45, 2.75) is 6.61 Å². The van der Waals surface area contributed by atoms with Gasteiger partial charge < -0.3 is 9.84 Å². The van der Waals surface area contributed by atoms with E-state index in [-0.39, 0.29) is 12.3 Å². The van der Waals surface area contributed by atoms with Crippen LogP contribution < -0.4 is 4.74 Å². The Morgan fingerprint density at radius 1 is 1.30 bits per heavy atom. The number of fused-ring (bicyclic) bond motifs is 1. The predicted octanol–water partition coefficient (Wildman–Crippen LogP) is 2.01. The molecule has 0 saturated heterocycles. The average Bonchev–Trinajstić information content (AvgIpc) is 2.88. The summed E-state index contributed by atoms with van der Waals surface area (Å²) in [5.41, 5.74) is 1.40. The zero-order chi connectivity index (χ0) is 13.9. The van der Waals surface area contributed by atoms with Gasteiger partial charge in [0.15, 0.2) is 0 Å². The van der Waals surface area contributed by atoms with Gasteiger partial charge in [-0.15, -0.1) is 0 Å². The predicted molar refractivity (Wildman–Crippen MR) is 70.7 cm³/mol. The van der Waals surface area contributed by atoms with Crippen molar-refractivity contribution in [3.8, 4) is 5.75 Å². The van der Waals surface area contributed by atoms with E-state index < -0.39 is 5.97 Å². The number of hydrogen-bond donors (Lipinski definition) is 1. The largest absolute Gasteiger partial charge is 0.486 e. The van der Waals surface area contributed by atoms with Crippen LogP contribution in [-0.2, 0) is 6.61 Å². The van der Waals surface area contributed by atoms with Gasteiger partial charge in [0, 0.05) is 12.4 Å². The van der Waals surface area contributed by atoms with Crippen LogP contribution in [0, 0.1) is 0 Å². The number of imidazole rings is 1. The van der Waals surface area contributed by atoms with Crippen LogP contribution in [0.1, 0.15) is 16.2 Å². The van der Waals surface area contributed by atoms with Gasteiger partial charge in [-0.05, 0) is 24.3 Å². The smallest absolute Gasteiger partial charge is 0.352 e. The molecule has 0 bridgehead atoms. The molecular formula is C14H11N3O3. The van der Waals surface area contributed by atoms with Gasteiger partial charge >= 0.3 is 5.97 Å². The highest BCUT2D eigenvalue weighted by molar-refractivity contribution is 5.86. The summed E-state index contributed by atoms with van der Waals surface area (Å²) in [6, 6.07) is 8.52. The zero-order valence-corrected chi connectivity index (χ0v) is 10.4. The minimum absolute atomic E-state index is 0.169. The third kappa shape index (κ3) is 2.31. The molecule has 100 valence electrons. The van der Waals surface area contributed by atoms with Crippen molar-refractivity contribution in [2.75, 3.05) is 0 Å². The Morgan fingerprint density at radius 3 is 2.95 bits per heavy atom. The lowest BCUT2D eigenvalue weighted by Crippen LogP contribution is -2.03. The number of hydrogen-bond acceptors (Lipinski definition) is 4. The van der Waals surface area contributed by atoms with E-state index in [0.29, 0.717) is 17.1 Å². The number of aromatic nitrogens is 3. The molecule has 0 aliphatic rings. The number of carboxylic acid groups (broad SMARTS) is 1. The highest BCUT2D eigenvalue weighted by atomic mass is 16.5. The highest BCUT2D eigenvalue weighted by Crippen LogP contribution is 2.12. The number of pyridine rings is 2. The molecule has 0 amide bonds. The van der Waals surface area contributed by atoms with Crippen LogP contribution in [0.25, 0.3) is 5.65 Å². The molecule has 0 radical (unpaired) electrons. The first kappa shape index (κ1) is 12.2. The maximum Gasteiger partial charge on any atom is 0.352 e. The minimum atomic E-state index is -0.993. The monoisotopic (exact) mass is 269 g/mol. The van der Waals surface area contributed by atoms with Crippen LogP contribution in [0.2, 0.25) is 0 Å². The summed E-state index contributed by atoms with van der Waals surface area (Å²) in [6.45, 7) is 0.256. The quantitative estimate of drug-likeness (QED) is 0.784. The van der Waals surface area contributed by atoms with Crippen LogP contribution in [0.15, 0.2) is 48.9 Å². The number of aromatic carboxylic acids is 1. The molecule has 0 unspecified atom stereocenters. The number of ether oxygens (including phenoxy) is 1. The summed E-state index contributed by atoms with van der Waals surface area (Å²) in [5, 5.41) is 9.11. The van der Waals surface area contributed by atoms with Crippen LogP contribution in [-0.4, -0.2) is 25.4 Å². The van der Waals surface area contributed by atoms with Crippen LogP contribution in [0.3, 0.4) is 0 Å². The van der Waals surface area contributed by atoms with Crippen molar-refractivity contribution in [1.82, 2.24) is 14.4 Å². The van der Waals surface area contributed by atoms with Gasteiger partial charge in [-0.3, -0.25) is 9.38 Å². The van der Waals surface area contributed by atoms with E-state index in [0.717, 1.165) is 0 Å². The number of nitrogens with zero attached hydrogens (tertiary/aromatic N) is 3. The Hall–Kier alpha value is -2.89. The van der Waals surface area contributed by atoms with Crippen LogP contribution in [0.4, 0.5) is 0 Å². The van der Waals surface area contributed by atoms with Gasteiger partial charge in [-0.1, -0.05) is 6.07 Å². The number of carboxylic acids is 1. The molecule has 6 nitrogen and oxygen atoms in total. The van der Waals surface area contributed by atoms with Crippen molar-refractivity contribution in [3.05, 3.63) is 60.3 Å². The van der Waals surface area contributed by atoms with E-state index in [1.807, 2.05) is 0 Å². The van der Waals surface area contributed by atoms with E-state index in [9.17, 15) is 4.79 Å². The molecule has 3 aromatic rings. The molecule has 3 aromatic heterocycles. The van der Waals surface area contributed by atoms with E-state index in [4.69, 9.17) is 9.84 Å². The van der Waals surface area contributed by atoms with Gasteiger partial charge in [0.2, 0.25) is 0 Å². The second kappa shape index (κ2) is 5.00. The average molecular weight is 269 g/mol. The molecule has 0 aliphatic carbocycles. The molecule has 3 rings (SSSR count). The molecular weight excluding hydrogens is 258 g/mol. The molecule has 3 heterocycles. The molecule has 20 heavy (non-hydrogen) atoms. The zero-order valence-electron chi connectivity index (χ0n) is 10.4. The minimum Gasteiger partial charge on any atom is -0.486 e. The fourth-order valence-electron chi connectivity index (χ4n) is 1.89. The summed E-state index contributed by atoms with van der Waals surface area (Å²) in [6.07, 6.45) is 4.94. The third-order valence-corrected chi connectivity index (χ3v) is 2.78. The maximum absolute atomic E-state index is 11.1. The van der Waals surface area contributed by atoms with Crippen molar-refractivity contribution in [1.29, 1.82) is 0 Å². The van der Waals surface area contributed by atoms with Gasteiger partial charge in [-0.2, -0.15) is 0 Å². The van der Waals surface area contributed by atoms with E-state index in [1.165, 1.54) is 10.5 Å². The standard InChI is InChI=1S/C14H11N3O3/c18-14(19)12-4-1-5-13-16-10(8-17(12)13)9-20-11-3-2-6-15-7-11/h1-8H,9H2,(H,18,19). The molecule has 0 spiro atoms. The molecule has 0 saturated carbocycles. The summed E-state index contributed by atoms with van der Waals surface area (Å²) in [4.78, 5) is 19.4. The highest BCUT2D eigenvalue weighted by Gasteiger charge is 2.10.